The third-order valence-corrected chi connectivity index (χ3v) is 8.84. The summed E-state index contributed by atoms with van der Waals surface area (Å²) in [5.74, 6) is 0.742. The van der Waals surface area contributed by atoms with Crippen molar-refractivity contribution in [1.82, 2.24) is 19.0 Å². The predicted molar refractivity (Wildman–Crippen MR) is 121 cm³/mol. The molecule has 0 radical (unpaired) electrons. The zero-order chi connectivity index (χ0) is 23.1. The summed E-state index contributed by atoms with van der Waals surface area (Å²) in [6.45, 7) is 0.924. The first-order valence-corrected chi connectivity index (χ1v) is 12.1. The lowest BCUT2D eigenvalue weighted by molar-refractivity contribution is -0.161. The van der Waals surface area contributed by atoms with Gasteiger partial charge in [0.2, 0.25) is 5.91 Å². The van der Waals surface area contributed by atoms with E-state index in [1.165, 1.54) is 10.8 Å². The summed E-state index contributed by atoms with van der Waals surface area (Å²) in [6.07, 6.45) is 6.08. The van der Waals surface area contributed by atoms with Gasteiger partial charge in [0.1, 0.15) is 6.10 Å². The molecule has 1 aliphatic heterocycles. The fourth-order valence-electron chi connectivity index (χ4n) is 7.32. The number of fused-ring (bicyclic) bond motifs is 1. The minimum Gasteiger partial charge on any atom is -0.446 e. The third-order valence-electron chi connectivity index (χ3n) is 8.63. The molecule has 33 heavy (non-hydrogen) atoms. The summed E-state index contributed by atoms with van der Waals surface area (Å²) in [7, 11) is 1.70. The number of halogens is 1. The van der Waals surface area contributed by atoms with Gasteiger partial charge in [-0.15, -0.1) is 0 Å². The molecule has 2 amide bonds. The number of imidazole rings is 1. The Balaban J connectivity index is 1.18. The zero-order valence-electron chi connectivity index (χ0n) is 18.6. The lowest BCUT2D eigenvalue weighted by Gasteiger charge is -2.58. The largest absolute Gasteiger partial charge is 0.446 e. The molecule has 5 aliphatic rings. The molecule has 0 spiro atoms. The first kappa shape index (κ1) is 21.0. The summed E-state index contributed by atoms with van der Waals surface area (Å²) < 4.78 is 9.27. The Bertz CT molecular complexity index is 1210. The molecule has 6 atom stereocenters. The van der Waals surface area contributed by atoms with Gasteiger partial charge in [0.05, 0.1) is 22.0 Å². The first-order chi connectivity index (χ1) is 15.8. The second-order valence-electron chi connectivity index (χ2n) is 10.6. The van der Waals surface area contributed by atoms with E-state index in [0.29, 0.717) is 41.6 Å². The van der Waals surface area contributed by atoms with Crippen LogP contribution in [0.2, 0.25) is 5.02 Å². The van der Waals surface area contributed by atoms with Crippen LogP contribution in [0.4, 0.5) is 4.79 Å². The van der Waals surface area contributed by atoms with Crippen molar-refractivity contribution in [3.63, 3.8) is 0 Å². The van der Waals surface area contributed by atoms with Gasteiger partial charge in [-0.3, -0.25) is 13.9 Å². The van der Waals surface area contributed by atoms with Crippen LogP contribution < -0.4 is 11.4 Å². The van der Waals surface area contributed by atoms with Gasteiger partial charge in [-0.05, 0) is 62.3 Å². The van der Waals surface area contributed by atoms with E-state index in [-0.39, 0.29) is 41.7 Å². The van der Waals surface area contributed by atoms with Gasteiger partial charge in [0.25, 0.3) is 0 Å². The van der Waals surface area contributed by atoms with Gasteiger partial charge in [-0.2, -0.15) is 0 Å². The van der Waals surface area contributed by atoms with Gasteiger partial charge in [-0.1, -0.05) is 11.6 Å². The molecule has 0 aromatic carbocycles. The smallest absolute Gasteiger partial charge is 0.410 e. The Labute approximate surface area is 195 Å². The minimum absolute atomic E-state index is 0.148. The van der Waals surface area contributed by atoms with Crippen molar-refractivity contribution >= 4 is 34.8 Å². The van der Waals surface area contributed by atoms with E-state index in [1.54, 1.807) is 22.6 Å². The van der Waals surface area contributed by atoms with Crippen LogP contribution in [0.25, 0.3) is 11.2 Å². The number of aromatic nitrogens is 3. The van der Waals surface area contributed by atoms with E-state index < -0.39 is 5.41 Å². The topological polar surface area (TPSA) is 112 Å². The number of pyridine rings is 1. The average molecular weight is 474 g/mol. The second kappa shape index (κ2) is 7.22. The average Bonchev–Trinajstić information content (AvgIpc) is 3.34. The zero-order valence-corrected chi connectivity index (χ0v) is 19.3. The number of ether oxygens (including phenoxy) is 1. The molecule has 2 aromatic heterocycles. The number of hydrogen-bond acceptors (Lipinski definition) is 5. The summed E-state index contributed by atoms with van der Waals surface area (Å²) in [6, 6.07) is 1.56. The highest BCUT2D eigenvalue weighted by atomic mass is 35.5. The molecule has 3 heterocycles. The van der Waals surface area contributed by atoms with Crippen LogP contribution >= 0.6 is 11.6 Å². The SMILES string of the molecule is Cn1c(=O)n([C@@H]2CCN(C(=O)OC3C4CC5C[C@H]3C[C@@](C(N)=O)(C5)C4)C2)c2ncc(Cl)cc21. The molecule has 10 heteroatoms. The van der Waals surface area contributed by atoms with E-state index in [0.717, 1.165) is 32.1 Å². The maximum atomic E-state index is 13.1. The number of nitrogens with two attached hydrogens (primary N) is 1. The molecule has 4 saturated carbocycles. The first-order valence-electron chi connectivity index (χ1n) is 11.7. The van der Waals surface area contributed by atoms with Gasteiger partial charge < -0.3 is 15.4 Å². The predicted octanol–water partition coefficient (Wildman–Crippen LogP) is 2.45. The molecule has 176 valence electrons. The minimum atomic E-state index is -0.399. The number of carbonyl (C=O) groups excluding carboxylic acids is 2. The Kier molecular flexibility index (Phi) is 4.60. The Hall–Kier alpha value is -2.55. The number of aryl methyl sites for hydroxylation is 1. The second-order valence-corrected chi connectivity index (χ2v) is 11.0. The molecule has 2 N–H and O–H groups in total. The highest BCUT2D eigenvalue weighted by Gasteiger charge is 2.59. The lowest BCUT2D eigenvalue weighted by Crippen LogP contribution is -2.59. The molecule has 9 nitrogen and oxygen atoms in total. The van der Waals surface area contributed by atoms with Gasteiger partial charge >= 0.3 is 11.8 Å². The van der Waals surface area contributed by atoms with Crippen molar-refractivity contribution in [3.8, 4) is 0 Å². The molecular weight excluding hydrogens is 446 g/mol. The molecule has 1 saturated heterocycles. The molecule has 4 aliphatic carbocycles. The number of likely N-dealkylation sites (tertiary alicyclic amines) is 1. The van der Waals surface area contributed by atoms with Crippen molar-refractivity contribution in [1.29, 1.82) is 0 Å². The van der Waals surface area contributed by atoms with Crippen LogP contribution in [0.3, 0.4) is 0 Å². The Morgan fingerprint density at radius 2 is 1.97 bits per heavy atom. The maximum Gasteiger partial charge on any atom is 0.410 e. The summed E-state index contributed by atoms with van der Waals surface area (Å²) >= 11 is 6.06. The van der Waals surface area contributed by atoms with E-state index in [4.69, 9.17) is 22.1 Å². The van der Waals surface area contributed by atoms with Crippen molar-refractivity contribution < 1.29 is 14.3 Å². The van der Waals surface area contributed by atoms with Crippen molar-refractivity contribution in [2.24, 2.45) is 36.0 Å². The normalized spacial score (nSPS) is 34.8. The highest BCUT2D eigenvalue weighted by Crippen LogP contribution is 2.60. The number of rotatable bonds is 3. The number of amides is 2. The van der Waals surface area contributed by atoms with Crippen LogP contribution in [0.15, 0.2) is 17.1 Å². The van der Waals surface area contributed by atoms with E-state index >= 15 is 0 Å². The number of carbonyl (C=O) groups is 2. The lowest BCUT2D eigenvalue weighted by atomic mass is 9.48. The number of nitrogens with zero attached hydrogens (tertiary/aromatic N) is 4. The maximum absolute atomic E-state index is 13.1. The van der Waals surface area contributed by atoms with E-state index in [9.17, 15) is 14.4 Å². The van der Waals surface area contributed by atoms with Crippen LogP contribution in [0, 0.1) is 23.2 Å². The fourth-order valence-corrected chi connectivity index (χ4v) is 7.47. The van der Waals surface area contributed by atoms with Crippen molar-refractivity contribution in [2.45, 2.75) is 50.7 Å². The summed E-state index contributed by atoms with van der Waals surface area (Å²) in [4.78, 5) is 44.3. The molecule has 2 aromatic rings. The molecular formula is C23H28ClN5O4. The van der Waals surface area contributed by atoms with Crippen molar-refractivity contribution in [3.05, 3.63) is 27.8 Å². The molecule has 5 fully saturated rings. The standard InChI is InChI=1S/C23H28ClN5O4/c1-27-17-6-15(24)10-26-19(17)29(21(27)31)16-2-3-28(11-16)22(32)33-18-13-4-12-5-14(18)9-23(7-12,8-13)20(25)30/h6,10,12-14,16,18H,2-5,7-9,11H2,1H3,(H2,25,30)/t12?,13-,14?,16+,18?,23-/m0/s1. The monoisotopic (exact) mass is 473 g/mol. The van der Waals surface area contributed by atoms with Gasteiger partial charge in [0.15, 0.2) is 5.65 Å². The van der Waals surface area contributed by atoms with Gasteiger partial charge in [-0.25, -0.2) is 14.6 Å². The third kappa shape index (κ3) is 3.11. The van der Waals surface area contributed by atoms with Crippen LogP contribution in [-0.2, 0) is 16.6 Å². The van der Waals surface area contributed by atoms with Crippen LogP contribution in [0.5, 0.6) is 0 Å². The highest BCUT2D eigenvalue weighted by molar-refractivity contribution is 6.31. The number of primary amides is 1. The van der Waals surface area contributed by atoms with E-state index in [2.05, 4.69) is 4.98 Å². The Morgan fingerprint density at radius 1 is 1.24 bits per heavy atom. The fraction of sp³-hybridized carbons (Fsp3) is 0.652. The molecule has 3 unspecified atom stereocenters. The van der Waals surface area contributed by atoms with E-state index in [1.807, 2.05) is 0 Å². The van der Waals surface area contributed by atoms with Crippen LogP contribution in [0.1, 0.15) is 44.6 Å². The molecule has 7 rings (SSSR count). The number of hydrogen-bond donors (Lipinski definition) is 1. The summed E-state index contributed by atoms with van der Waals surface area (Å²) in [5.41, 5.74) is 6.45. The van der Waals surface area contributed by atoms with Crippen molar-refractivity contribution in [2.75, 3.05) is 13.1 Å². The summed E-state index contributed by atoms with van der Waals surface area (Å²) in [5, 5.41) is 0.473. The van der Waals surface area contributed by atoms with Crippen LogP contribution in [-0.4, -0.2) is 50.2 Å². The van der Waals surface area contributed by atoms with Gasteiger partial charge in [0, 0.05) is 26.3 Å². The quantitative estimate of drug-likeness (QED) is 0.735. The molecule has 4 bridgehead atoms. The Morgan fingerprint density at radius 3 is 2.67 bits per heavy atom.